The fourth-order valence-electron chi connectivity index (χ4n) is 3.23. The van der Waals surface area contributed by atoms with Crippen molar-refractivity contribution in [3.8, 4) is 16.9 Å². The van der Waals surface area contributed by atoms with Gasteiger partial charge in [-0.1, -0.05) is 60.5 Å². The third-order valence-corrected chi connectivity index (χ3v) is 5.30. The number of hydrogen-bond donors (Lipinski definition) is 2. The van der Waals surface area contributed by atoms with Crippen molar-refractivity contribution in [3.05, 3.63) is 87.4 Å². The number of ether oxygens (including phenoxy) is 1. The summed E-state index contributed by atoms with van der Waals surface area (Å²) in [6.45, 7) is 2.81. The van der Waals surface area contributed by atoms with Crippen molar-refractivity contribution in [3.63, 3.8) is 0 Å². The Morgan fingerprint density at radius 1 is 1.00 bits per heavy atom. The van der Waals surface area contributed by atoms with Crippen molar-refractivity contribution < 1.29 is 19.4 Å². The number of hydrogen-bond acceptors (Lipinski definition) is 3. The highest BCUT2D eigenvalue weighted by atomic mass is 35.5. The molecular formula is C25H23Cl2NO4. The summed E-state index contributed by atoms with van der Waals surface area (Å²) in [6.07, 6.45) is 0.807. The second kappa shape index (κ2) is 11.0. The lowest BCUT2D eigenvalue weighted by molar-refractivity contribution is -0.136. The van der Waals surface area contributed by atoms with E-state index in [1.165, 1.54) is 6.07 Å². The minimum absolute atomic E-state index is 0.0453. The van der Waals surface area contributed by atoms with Gasteiger partial charge in [-0.15, -0.1) is 0 Å². The summed E-state index contributed by atoms with van der Waals surface area (Å²) in [7, 11) is 0. The number of benzene rings is 3. The smallest absolute Gasteiger partial charge is 0.307 e. The molecule has 0 fully saturated rings. The van der Waals surface area contributed by atoms with Gasteiger partial charge in [-0.05, 0) is 53.4 Å². The molecule has 0 heterocycles. The summed E-state index contributed by atoms with van der Waals surface area (Å²) in [4.78, 5) is 23.7. The predicted molar refractivity (Wildman–Crippen MR) is 127 cm³/mol. The van der Waals surface area contributed by atoms with Crippen LogP contribution >= 0.6 is 23.2 Å². The van der Waals surface area contributed by atoms with E-state index in [0.717, 1.165) is 23.1 Å². The van der Waals surface area contributed by atoms with Crippen molar-refractivity contribution in [1.29, 1.82) is 0 Å². The summed E-state index contributed by atoms with van der Waals surface area (Å²) < 4.78 is 5.86. The van der Waals surface area contributed by atoms with Gasteiger partial charge in [0.1, 0.15) is 5.75 Å². The largest absolute Gasteiger partial charge is 0.493 e. The molecule has 0 spiro atoms. The molecule has 0 unspecified atom stereocenters. The normalized spacial score (nSPS) is 10.6. The molecule has 0 saturated carbocycles. The molecule has 0 radical (unpaired) electrons. The quantitative estimate of drug-likeness (QED) is 0.400. The van der Waals surface area contributed by atoms with Crippen LogP contribution in [0.15, 0.2) is 60.7 Å². The molecule has 3 aromatic rings. The van der Waals surface area contributed by atoms with Crippen molar-refractivity contribution in [1.82, 2.24) is 5.32 Å². The molecular weight excluding hydrogens is 449 g/mol. The second-order valence-corrected chi connectivity index (χ2v) is 8.09. The molecule has 0 saturated heterocycles. The van der Waals surface area contributed by atoms with Crippen LogP contribution in [0.1, 0.15) is 34.8 Å². The maximum Gasteiger partial charge on any atom is 0.307 e. The monoisotopic (exact) mass is 471 g/mol. The average molecular weight is 472 g/mol. The van der Waals surface area contributed by atoms with E-state index >= 15 is 0 Å². The van der Waals surface area contributed by atoms with Crippen LogP contribution in [-0.2, 0) is 17.8 Å². The van der Waals surface area contributed by atoms with Crippen LogP contribution in [0.2, 0.25) is 10.0 Å². The molecule has 32 heavy (non-hydrogen) atoms. The first kappa shape index (κ1) is 23.6. The first-order valence-corrected chi connectivity index (χ1v) is 10.9. The maximum absolute atomic E-state index is 12.6. The molecule has 0 atom stereocenters. The summed E-state index contributed by atoms with van der Waals surface area (Å²) >= 11 is 12.1. The van der Waals surface area contributed by atoms with Gasteiger partial charge in [-0.3, -0.25) is 9.59 Å². The Morgan fingerprint density at radius 3 is 2.50 bits per heavy atom. The Kier molecular flexibility index (Phi) is 8.14. The number of aliphatic carboxylic acids is 1. The van der Waals surface area contributed by atoms with Crippen LogP contribution in [0.5, 0.6) is 5.75 Å². The van der Waals surface area contributed by atoms with Gasteiger partial charge in [0.15, 0.2) is 0 Å². The Balaban J connectivity index is 1.86. The molecule has 1 amide bonds. The van der Waals surface area contributed by atoms with E-state index in [4.69, 9.17) is 33.0 Å². The Morgan fingerprint density at radius 2 is 1.78 bits per heavy atom. The molecule has 0 aromatic heterocycles. The molecule has 2 N–H and O–H groups in total. The van der Waals surface area contributed by atoms with Crippen LogP contribution in [0.25, 0.3) is 11.1 Å². The van der Waals surface area contributed by atoms with Crippen molar-refractivity contribution >= 4 is 35.1 Å². The highest BCUT2D eigenvalue weighted by Crippen LogP contribution is 2.28. The van der Waals surface area contributed by atoms with E-state index in [-0.39, 0.29) is 23.9 Å². The molecule has 3 aromatic carbocycles. The van der Waals surface area contributed by atoms with Crippen molar-refractivity contribution in [2.24, 2.45) is 0 Å². The van der Waals surface area contributed by atoms with E-state index < -0.39 is 5.97 Å². The number of carbonyl (C=O) groups is 2. The van der Waals surface area contributed by atoms with E-state index in [1.54, 1.807) is 18.2 Å². The van der Waals surface area contributed by atoms with E-state index in [2.05, 4.69) is 5.32 Å². The molecule has 3 rings (SSSR count). The molecule has 166 valence electrons. The summed E-state index contributed by atoms with van der Waals surface area (Å²) in [5.41, 5.74) is 3.64. The van der Waals surface area contributed by atoms with E-state index in [0.29, 0.717) is 28.5 Å². The van der Waals surface area contributed by atoms with Crippen molar-refractivity contribution in [2.75, 3.05) is 6.61 Å². The zero-order valence-corrected chi connectivity index (χ0v) is 19.0. The van der Waals surface area contributed by atoms with Crippen LogP contribution in [0.3, 0.4) is 0 Å². The SMILES string of the molecule is CCCOc1ccc(-c2cccc(CC(=O)O)c2)cc1CNC(=O)c1ccc(Cl)cc1Cl. The van der Waals surface area contributed by atoms with Gasteiger partial charge >= 0.3 is 5.97 Å². The van der Waals surface area contributed by atoms with Gasteiger partial charge in [0.05, 0.1) is 23.6 Å². The maximum atomic E-state index is 12.6. The minimum Gasteiger partial charge on any atom is -0.493 e. The first-order valence-electron chi connectivity index (χ1n) is 10.2. The van der Waals surface area contributed by atoms with Gasteiger partial charge in [0.25, 0.3) is 5.91 Å². The topological polar surface area (TPSA) is 75.6 Å². The Bertz CT molecular complexity index is 1130. The van der Waals surface area contributed by atoms with Crippen LogP contribution < -0.4 is 10.1 Å². The van der Waals surface area contributed by atoms with Gasteiger partial charge in [0, 0.05) is 17.1 Å². The number of halogens is 2. The molecule has 0 aliphatic heterocycles. The van der Waals surface area contributed by atoms with Gasteiger partial charge in [-0.25, -0.2) is 0 Å². The van der Waals surface area contributed by atoms with E-state index in [1.807, 2.05) is 43.3 Å². The minimum atomic E-state index is -0.880. The highest BCUT2D eigenvalue weighted by Gasteiger charge is 2.13. The third kappa shape index (κ3) is 6.25. The van der Waals surface area contributed by atoms with Crippen LogP contribution in [-0.4, -0.2) is 23.6 Å². The van der Waals surface area contributed by atoms with Crippen LogP contribution in [0, 0.1) is 0 Å². The molecule has 0 aliphatic rings. The lowest BCUT2D eigenvalue weighted by Crippen LogP contribution is -2.23. The fraction of sp³-hybridized carbons (Fsp3) is 0.200. The highest BCUT2D eigenvalue weighted by molar-refractivity contribution is 6.36. The number of carboxylic acid groups (broad SMARTS) is 1. The summed E-state index contributed by atoms with van der Waals surface area (Å²) in [6, 6.07) is 17.8. The summed E-state index contributed by atoms with van der Waals surface area (Å²) in [5, 5.41) is 12.7. The van der Waals surface area contributed by atoms with Crippen molar-refractivity contribution in [2.45, 2.75) is 26.3 Å². The molecule has 0 bridgehead atoms. The number of rotatable bonds is 9. The lowest BCUT2D eigenvalue weighted by Gasteiger charge is -2.15. The zero-order chi connectivity index (χ0) is 23.1. The van der Waals surface area contributed by atoms with Crippen LogP contribution in [0.4, 0.5) is 0 Å². The number of amides is 1. The number of nitrogens with one attached hydrogen (secondary N) is 1. The second-order valence-electron chi connectivity index (χ2n) is 7.25. The third-order valence-electron chi connectivity index (χ3n) is 4.75. The van der Waals surface area contributed by atoms with E-state index in [9.17, 15) is 9.59 Å². The molecule has 0 aliphatic carbocycles. The summed E-state index contributed by atoms with van der Waals surface area (Å²) in [5.74, 6) is -0.517. The average Bonchev–Trinajstić information content (AvgIpc) is 2.76. The molecule has 7 heteroatoms. The van der Waals surface area contributed by atoms with Gasteiger partial charge in [-0.2, -0.15) is 0 Å². The fourth-order valence-corrected chi connectivity index (χ4v) is 3.72. The van der Waals surface area contributed by atoms with Gasteiger partial charge < -0.3 is 15.2 Å². The standard InChI is InChI=1S/C25H23Cl2NO4/c1-2-10-32-23-9-6-18(17-5-3-4-16(11-17)12-24(29)30)13-19(23)15-28-25(31)21-8-7-20(26)14-22(21)27/h3-9,11,13-14H,2,10,12,15H2,1H3,(H,28,31)(H,29,30). The predicted octanol–water partition coefficient (Wildman–Crippen LogP) is 6.01. The Labute approximate surface area is 196 Å². The first-order chi connectivity index (χ1) is 15.4. The number of carbonyl (C=O) groups excluding carboxylic acids is 1. The zero-order valence-electron chi connectivity index (χ0n) is 17.5. The number of carboxylic acids is 1. The lowest BCUT2D eigenvalue weighted by atomic mass is 9.99. The Hall–Kier alpha value is -3.02. The molecule has 5 nitrogen and oxygen atoms in total. The van der Waals surface area contributed by atoms with Gasteiger partial charge in [0.2, 0.25) is 0 Å².